The molecule has 2 aromatic heterocycles. The molecule has 0 bridgehead atoms. The SMILES string of the molecule is Cc1ccc(C)c(C=Nn2c(C)csc2=Nc2cccnc2)c1. The van der Waals surface area contributed by atoms with Crippen LogP contribution in [0, 0.1) is 20.8 Å². The largest absolute Gasteiger partial charge is 0.262 e. The molecule has 5 heteroatoms. The second-order valence-corrected chi connectivity index (χ2v) is 6.24. The van der Waals surface area contributed by atoms with Gasteiger partial charge in [0.05, 0.1) is 23.8 Å². The van der Waals surface area contributed by atoms with Crippen LogP contribution >= 0.6 is 11.3 Å². The van der Waals surface area contributed by atoms with Crippen LogP contribution in [-0.2, 0) is 0 Å². The number of hydrogen-bond donors (Lipinski definition) is 0. The molecule has 116 valence electrons. The molecule has 2 heterocycles. The van der Waals surface area contributed by atoms with Crippen molar-refractivity contribution in [3.8, 4) is 0 Å². The first-order valence-corrected chi connectivity index (χ1v) is 8.25. The van der Waals surface area contributed by atoms with E-state index in [1.54, 1.807) is 23.7 Å². The first kappa shape index (κ1) is 15.4. The third-order valence-corrected chi connectivity index (χ3v) is 4.40. The molecule has 0 unspecified atom stereocenters. The van der Waals surface area contributed by atoms with E-state index < -0.39 is 0 Å². The minimum absolute atomic E-state index is 0.824. The Kier molecular flexibility index (Phi) is 4.48. The summed E-state index contributed by atoms with van der Waals surface area (Å²) in [5, 5.41) is 6.67. The number of pyridine rings is 1. The summed E-state index contributed by atoms with van der Waals surface area (Å²) in [7, 11) is 0. The van der Waals surface area contributed by atoms with Gasteiger partial charge in [-0.1, -0.05) is 23.8 Å². The van der Waals surface area contributed by atoms with E-state index >= 15 is 0 Å². The molecule has 0 aliphatic heterocycles. The molecule has 0 saturated heterocycles. The van der Waals surface area contributed by atoms with Crippen LogP contribution in [0.3, 0.4) is 0 Å². The molecule has 0 atom stereocenters. The predicted octanol–water partition coefficient (Wildman–Crippen LogP) is 3.98. The molecule has 0 aliphatic carbocycles. The number of nitrogens with zero attached hydrogens (tertiary/aromatic N) is 4. The van der Waals surface area contributed by atoms with Crippen LogP contribution in [0.15, 0.2) is 58.2 Å². The van der Waals surface area contributed by atoms with Crippen molar-refractivity contribution < 1.29 is 0 Å². The molecular weight excluding hydrogens is 304 g/mol. The van der Waals surface area contributed by atoms with Gasteiger partial charge in [0.2, 0.25) is 4.80 Å². The fourth-order valence-corrected chi connectivity index (χ4v) is 2.98. The lowest BCUT2D eigenvalue weighted by Gasteiger charge is -2.02. The number of aryl methyl sites for hydroxylation is 3. The maximum atomic E-state index is 4.62. The fraction of sp³-hybridized carbons (Fsp3) is 0.167. The van der Waals surface area contributed by atoms with Crippen LogP contribution in [0.1, 0.15) is 22.4 Å². The molecule has 0 amide bonds. The first-order valence-electron chi connectivity index (χ1n) is 7.37. The van der Waals surface area contributed by atoms with Gasteiger partial charge in [0, 0.05) is 11.6 Å². The lowest BCUT2D eigenvalue weighted by Crippen LogP contribution is -2.11. The number of benzene rings is 1. The Balaban J connectivity index is 2.01. The van der Waals surface area contributed by atoms with Crippen molar-refractivity contribution in [1.82, 2.24) is 9.66 Å². The third kappa shape index (κ3) is 3.63. The summed E-state index contributed by atoms with van der Waals surface area (Å²) >= 11 is 1.57. The summed E-state index contributed by atoms with van der Waals surface area (Å²) in [5.74, 6) is 0. The highest BCUT2D eigenvalue weighted by molar-refractivity contribution is 7.07. The van der Waals surface area contributed by atoms with Crippen LogP contribution < -0.4 is 4.80 Å². The second-order valence-electron chi connectivity index (χ2n) is 5.40. The van der Waals surface area contributed by atoms with Gasteiger partial charge in [-0.2, -0.15) is 5.10 Å². The van der Waals surface area contributed by atoms with Crippen LogP contribution in [0.5, 0.6) is 0 Å². The standard InChI is InChI=1S/C18H18N4S/c1-13-6-7-14(2)16(9-13)10-20-22-15(3)12-23-18(22)21-17-5-4-8-19-11-17/h4-12H,1-3H3. The maximum Gasteiger partial charge on any atom is 0.211 e. The summed E-state index contributed by atoms with van der Waals surface area (Å²) < 4.78 is 1.86. The zero-order valence-corrected chi connectivity index (χ0v) is 14.2. The highest BCUT2D eigenvalue weighted by Crippen LogP contribution is 2.10. The van der Waals surface area contributed by atoms with E-state index in [1.807, 2.05) is 29.9 Å². The molecule has 0 N–H and O–H groups in total. The van der Waals surface area contributed by atoms with Gasteiger partial charge < -0.3 is 0 Å². The number of thiazole rings is 1. The lowest BCUT2D eigenvalue weighted by atomic mass is 10.1. The molecule has 0 fully saturated rings. The zero-order chi connectivity index (χ0) is 16.2. The van der Waals surface area contributed by atoms with E-state index in [4.69, 9.17) is 0 Å². The van der Waals surface area contributed by atoms with Crippen LogP contribution in [0.2, 0.25) is 0 Å². The van der Waals surface area contributed by atoms with Gasteiger partial charge in [0.15, 0.2) is 0 Å². The molecule has 3 rings (SSSR count). The zero-order valence-electron chi connectivity index (χ0n) is 13.4. The van der Waals surface area contributed by atoms with Crippen LogP contribution in [0.4, 0.5) is 5.69 Å². The molecule has 23 heavy (non-hydrogen) atoms. The van der Waals surface area contributed by atoms with Crippen molar-refractivity contribution in [1.29, 1.82) is 0 Å². The van der Waals surface area contributed by atoms with Crippen molar-refractivity contribution in [2.45, 2.75) is 20.8 Å². The Morgan fingerprint density at radius 3 is 2.83 bits per heavy atom. The minimum atomic E-state index is 0.824. The molecular formula is C18H18N4S. The van der Waals surface area contributed by atoms with Gasteiger partial charge in [-0.25, -0.2) is 9.67 Å². The average molecular weight is 322 g/mol. The van der Waals surface area contributed by atoms with Gasteiger partial charge in [-0.05, 0) is 44.0 Å². The van der Waals surface area contributed by atoms with Crippen molar-refractivity contribution in [3.63, 3.8) is 0 Å². The van der Waals surface area contributed by atoms with Crippen molar-refractivity contribution in [3.05, 3.63) is 75.3 Å². The van der Waals surface area contributed by atoms with E-state index in [-0.39, 0.29) is 0 Å². The minimum Gasteiger partial charge on any atom is -0.262 e. The van der Waals surface area contributed by atoms with Crippen molar-refractivity contribution in [2.24, 2.45) is 10.1 Å². The Morgan fingerprint density at radius 1 is 1.17 bits per heavy atom. The Bertz CT molecular complexity index is 904. The van der Waals surface area contributed by atoms with Crippen molar-refractivity contribution in [2.75, 3.05) is 0 Å². The average Bonchev–Trinajstić information content (AvgIpc) is 2.89. The van der Waals surface area contributed by atoms with Crippen molar-refractivity contribution >= 4 is 23.2 Å². The lowest BCUT2D eigenvalue weighted by molar-refractivity contribution is 0.809. The quantitative estimate of drug-likeness (QED) is 0.672. The Labute approximate surface area is 139 Å². The van der Waals surface area contributed by atoms with Gasteiger partial charge in [0.25, 0.3) is 0 Å². The molecule has 3 aromatic rings. The highest BCUT2D eigenvalue weighted by Gasteiger charge is 2.01. The molecule has 0 saturated carbocycles. The van der Waals surface area contributed by atoms with Gasteiger partial charge in [0.1, 0.15) is 0 Å². The summed E-state index contributed by atoms with van der Waals surface area (Å²) in [4.78, 5) is 9.55. The molecule has 1 aromatic carbocycles. The fourth-order valence-electron chi connectivity index (χ4n) is 2.15. The van der Waals surface area contributed by atoms with Gasteiger partial charge in [-0.15, -0.1) is 11.3 Å². The smallest absolute Gasteiger partial charge is 0.211 e. The number of aromatic nitrogens is 2. The van der Waals surface area contributed by atoms with E-state index in [9.17, 15) is 0 Å². The topological polar surface area (TPSA) is 42.5 Å². The Hall–Kier alpha value is -2.53. The summed E-state index contributed by atoms with van der Waals surface area (Å²) in [6, 6.07) is 10.2. The Morgan fingerprint density at radius 2 is 2.04 bits per heavy atom. The summed E-state index contributed by atoms with van der Waals surface area (Å²) in [6.45, 7) is 6.20. The summed E-state index contributed by atoms with van der Waals surface area (Å²) in [5.41, 5.74) is 5.43. The predicted molar refractivity (Wildman–Crippen MR) is 95.4 cm³/mol. The molecule has 4 nitrogen and oxygen atoms in total. The maximum absolute atomic E-state index is 4.62. The first-order chi connectivity index (χ1) is 11.1. The van der Waals surface area contributed by atoms with E-state index in [1.165, 1.54) is 11.1 Å². The summed E-state index contributed by atoms with van der Waals surface area (Å²) in [6.07, 6.45) is 5.38. The van der Waals surface area contributed by atoms with E-state index in [0.717, 1.165) is 21.7 Å². The monoisotopic (exact) mass is 322 g/mol. The second kappa shape index (κ2) is 6.71. The molecule has 0 aliphatic rings. The normalized spacial score (nSPS) is 12.2. The highest BCUT2D eigenvalue weighted by atomic mass is 32.1. The number of rotatable bonds is 3. The van der Waals surface area contributed by atoms with Gasteiger partial charge >= 0.3 is 0 Å². The molecule has 0 radical (unpaired) electrons. The van der Waals surface area contributed by atoms with E-state index in [2.05, 4.69) is 52.5 Å². The van der Waals surface area contributed by atoms with E-state index in [0.29, 0.717) is 0 Å². The number of hydrogen-bond acceptors (Lipinski definition) is 4. The van der Waals surface area contributed by atoms with Crippen LogP contribution in [-0.4, -0.2) is 15.9 Å². The molecule has 0 spiro atoms. The third-order valence-electron chi connectivity index (χ3n) is 3.47. The van der Waals surface area contributed by atoms with Crippen LogP contribution in [0.25, 0.3) is 0 Å². The van der Waals surface area contributed by atoms with Gasteiger partial charge in [-0.3, -0.25) is 4.98 Å².